The summed E-state index contributed by atoms with van der Waals surface area (Å²) in [6, 6.07) is 1.89. The van der Waals surface area contributed by atoms with E-state index in [1.165, 1.54) is 0 Å². The molecule has 0 amide bonds. The highest BCUT2D eigenvalue weighted by Crippen LogP contribution is 2.23. The van der Waals surface area contributed by atoms with E-state index in [1.54, 1.807) is 13.4 Å². The van der Waals surface area contributed by atoms with Crippen LogP contribution in [0, 0.1) is 0 Å². The summed E-state index contributed by atoms with van der Waals surface area (Å²) in [4.78, 5) is 8.32. The summed E-state index contributed by atoms with van der Waals surface area (Å²) in [7, 11) is 1.72. The van der Waals surface area contributed by atoms with E-state index in [9.17, 15) is 0 Å². The molecule has 2 rings (SSSR count). The molecule has 0 radical (unpaired) electrons. The molecule has 0 saturated carbocycles. The molecular formula is C12H20N4O2. The van der Waals surface area contributed by atoms with E-state index in [1.807, 2.05) is 13.0 Å². The molecule has 0 aliphatic carbocycles. The molecule has 1 aliphatic heterocycles. The van der Waals surface area contributed by atoms with Gasteiger partial charge in [0, 0.05) is 39.3 Å². The van der Waals surface area contributed by atoms with Gasteiger partial charge in [-0.15, -0.1) is 0 Å². The van der Waals surface area contributed by atoms with Crippen LogP contribution < -0.4 is 10.6 Å². The van der Waals surface area contributed by atoms with Gasteiger partial charge in [0.15, 0.2) is 0 Å². The predicted octanol–water partition coefficient (Wildman–Crippen LogP) is 1.13. The third kappa shape index (κ3) is 3.08. The quantitative estimate of drug-likeness (QED) is 0.791. The maximum Gasteiger partial charge on any atom is 0.131 e. The number of methoxy groups -OCH3 is 1. The molecule has 1 unspecified atom stereocenters. The zero-order valence-corrected chi connectivity index (χ0v) is 10.9. The van der Waals surface area contributed by atoms with E-state index in [4.69, 9.17) is 9.47 Å². The number of aromatic nitrogens is 2. The fraction of sp³-hybridized carbons (Fsp3) is 0.667. The van der Waals surface area contributed by atoms with Crippen molar-refractivity contribution in [1.29, 1.82) is 0 Å². The molecule has 0 aromatic carbocycles. The minimum Gasteiger partial charge on any atom is -0.378 e. The second-order valence-corrected chi connectivity index (χ2v) is 4.36. The highest BCUT2D eigenvalue weighted by atomic mass is 16.5. The van der Waals surface area contributed by atoms with E-state index in [2.05, 4.69) is 20.6 Å². The van der Waals surface area contributed by atoms with Crippen molar-refractivity contribution in [3.63, 3.8) is 0 Å². The standard InChI is InChI=1S/C12H20N4O2/c1-3-13-10-6-11(16-9-15-10)14-7-12(17-2)4-5-18-8-12/h6,9H,3-5,7-8H2,1-2H3,(H2,13,14,15,16). The average molecular weight is 252 g/mol. The first kappa shape index (κ1) is 13.0. The molecule has 0 bridgehead atoms. The Morgan fingerprint density at radius 2 is 2.17 bits per heavy atom. The van der Waals surface area contributed by atoms with Gasteiger partial charge in [-0.1, -0.05) is 0 Å². The third-order valence-electron chi connectivity index (χ3n) is 3.12. The van der Waals surface area contributed by atoms with Crippen LogP contribution in [0.15, 0.2) is 12.4 Å². The third-order valence-corrected chi connectivity index (χ3v) is 3.12. The van der Waals surface area contributed by atoms with Crippen LogP contribution in [-0.4, -0.2) is 49.0 Å². The minimum atomic E-state index is -0.233. The van der Waals surface area contributed by atoms with Gasteiger partial charge in [-0.3, -0.25) is 0 Å². The van der Waals surface area contributed by atoms with Crippen molar-refractivity contribution in [3.05, 3.63) is 12.4 Å². The van der Waals surface area contributed by atoms with Gasteiger partial charge in [-0.2, -0.15) is 0 Å². The molecule has 6 nitrogen and oxygen atoms in total. The molecule has 2 heterocycles. The van der Waals surface area contributed by atoms with Crippen LogP contribution in [0.1, 0.15) is 13.3 Å². The van der Waals surface area contributed by atoms with Crippen molar-refractivity contribution in [2.75, 3.05) is 44.0 Å². The van der Waals surface area contributed by atoms with Gasteiger partial charge in [0.25, 0.3) is 0 Å². The van der Waals surface area contributed by atoms with E-state index >= 15 is 0 Å². The van der Waals surface area contributed by atoms with Crippen molar-refractivity contribution in [2.45, 2.75) is 18.9 Å². The molecule has 1 aliphatic rings. The Labute approximate surface area is 107 Å². The lowest BCUT2D eigenvalue weighted by atomic mass is 10.0. The fourth-order valence-electron chi connectivity index (χ4n) is 1.94. The van der Waals surface area contributed by atoms with Gasteiger partial charge in [-0.25, -0.2) is 9.97 Å². The zero-order chi connectivity index (χ0) is 12.8. The molecule has 18 heavy (non-hydrogen) atoms. The van der Waals surface area contributed by atoms with E-state index in [0.29, 0.717) is 13.2 Å². The van der Waals surface area contributed by atoms with Crippen LogP contribution in [0.25, 0.3) is 0 Å². The van der Waals surface area contributed by atoms with Crippen LogP contribution in [0.5, 0.6) is 0 Å². The Bertz CT molecular complexity index is 380. The van der Waals surface area contributed by atoms with Gasteiger partial charge >= 0.3 is 0 Å². The first-order chi connectivity index (χ1) is 8.78. The van der Waals surface area contributed by atoms with Crippen molar-refractivity contribution in [2.24, 2.45) is 0 Å². The van der Waals surface area contributed by atoms with Crippen LogP contribution in [0.3, 0.4) is 0 Å². The number of anilines is 2. The lowest BCUT2D eigenvalue weighted by Crippen LogP contribution is -2.39. The number of hydrogen-bond acceptors (Lipinski definition) is 6. The minimum absolute atomic E-state index is 0.233. The molecule has 100 valence electrons. The average Bonchev–Trinajstić information content (AvgIpc) is 2.87. The van der Waals surface area contributed by atoms with Gasteiger partial charge in [0.1, 0.15) is 23.6 Å². The summed E-state index contributed by atoms with van der Waals surface area (Å²) in [5.41, 5.74) is -0.233. The number of nitrogens with zero attached hydrogens (tertiary/aromatic N) is 2. The number of nitrogens with one attached hydrogen (secondary N) is 2. The summed E-state index contributed by atoms with van der Waals surface area (Å²) in [5.74, 6) is 1.62. The zero-order valence-electron chi connectivity index (χ0n) is 10.9. The van der Waals surface area contributed by atoms with Crippen molar-refractivity contribution < 1.29 is 9.47 Å². The predicted molar refractivity (Wildman–Crippen MR) is 69.9 cm³/mol. The molecule has 1 fully saturated rings. The van der Waals surface area contributed by atoms with Crippen molar-refractivity contribution in [3.8, 4) is 0 Å². The number of rotatable bonds is 6. The summed E-state index contributed by atoms with van der Waals surface area (Å²) in [6.07, 6.45) is 2.45. The number of hydrogen-bond donors (Lipinski definition) is 2. The maximum atomic E-state index is 5.55. The maximum absolute atomic E-state index is 5.55. The molecular weight excluding hydrogens is 232 g/mol. The van der Waals surface area contributed by atoms with E-state index < -0.39 is 0 Å². The SMILES string of the molecule is CCNc1cc(NCC2(OC)CCOC2)ncn1. The Morgan fingerprint density at radius 3 is 2.78 bits per heavy atom. The van der Waals surface area contributed by atoms with Crippen LogP contribution in [0.2, 0.25) is 0 Å². The monoisotopic (exact) mass is 252 g/mol. The Hall–Kier alpha value is -1.40. The second-order valence-electron chi connectivity index (χ2n) is 4.36. The topological polar surface area (TPSA) is 68.3 Å². The highest BCUT2D eigenvalue weighted by Gasteiger charge is 2.34. The highest BCUT2D eigenvalue weighted by molar-refractivity contribution is 5.46. The van der Waals surface area contributed by atoms with Crippen LogP contribution >= 0.6 is 0 Å². The van der Waals surface area contributed by atoms with Crippen molar-refractivity contribution in [1.82, 2.24) is 9.97 Å². The van der Waals surface area contributed by atoms with Gasteiger partial charge in [0.2, 0.25) is 0 Å². The number of ether oxygens (including phenoxy) is 2. The first-order valence-corrected chi connectivity index (χ1v) is 6.21. The summed E-state index contributed by atoms with van der Waals surface area (Å²) in [6.45, 7) is 4.94. The van der Waals surface area contributed by atoms with Gasteiger partial charge in [-0.05, 0) is 6.92 Å². The lowest BCUT2D eigenvalue weighted by molar-refractivity contribution is -0.00625. The van der Waals surface area contributed by atoms with E-state index in [0.717, 1.165) is 31.2 Å². The molecule has 1 aromatic rings. The largest absolute Gasteiger partial charge is 0.378 e. The Kier molecular flexibility index (Phi) is 4.33. The Morgan fingerprint density at radius 1 is 1.39 bits per heavy atom. The second kappa shape index (κ2) is 5.97. The van der Waals surface area contributed by atoms with Crippen LogP contribution in [-0.2, 0) is 9.47 Å². The molecule has 1 aromatic heterocycles. The van der Waals surface area contributed by atoms with E-state index in [-0.39, 0.29) is 5.60 Å². The lowest BCUT2D eigenvalue weighted by Gasteiger charge is -2.26. The Balaban J connectivity index is 1.94. The van der Waals surface area contributed by atoms with Crippen LogP contribution in [0.4, 0.5) is 11.6 Å². The van der Waals surface area contributed by atoms with Gasteiger partial charge < -0.3 is 20.1 Å². The molecule has 0 spiro atoms. The summed E-state index contributed by atoms with van der Waals surface area (Å²) >= 11 is 0. The smallest absolute Gasteiger partial charge is 0.131 e. The van der Waals surface area contributed by atoms with Gasteiger partial charge in [0.05, 0.1) is 6.61 Å². The summed E-state index contributed by atoms with van der Waals surface area (Å²) in [5, 5.41) is 6.43. The molecule has 1 saturated heterocycles. The fourth-order valence-corrected chi connectivity index (χ4v) is 1.94. The molecule has 6 heteroatoms. The summed E-state index contributed by atoms with van der Waals surface area (Å²) < 4.78 is 10.9. The van der Waals surface area contributed by atoms with Crippen molar-refractivity contribution >= 4 is 11.6 Å². The normalized spacial score (nSPS) is 23.0. The molecule has 2 N–H and O–H groups in total. The molecule has 1 atom stereocenters. The first-order valence-electron chi connectivity index (χ1n) is 6.21.